The van der Waals surface area contributed by atoms with Gasteiger partial charge in [-0.1, -0.05) is 36.3 Å². The van der Waals surface area contributed by atoms with Crippen LogP contribution in [0.25, 0.3) is 10.9 Å². The van der Waals surface area contributed by atoms with Crippen molar-refractivity contribution >= 4 is 16.9 Å². The number of hydrogen-bond acceptors (Lipinski definition) is 2. The van der Waals surface area contributed by atoms with Crippen molar-refractivity contribution in [3.8, 4) is 11.8 Å². The summed E-state index contributed by atoms with van der Waals surface area (Å²) in [5, 5.41) is 10.3. The molecule has 0 bridgehead atoms. The summed E-state index contributed by atoms with van der Waals surface area (Å²) in [5.41, 5.74) is 2.64. The number of carboxylic acid groups (broad SMARTS) is 1. The number of aliphatic carboxylic acids is 1. The lowest BCUT2D eigenvalue weighted by Gasteiger charge is -2.20. The van der Waals surface area contributed by atoms with Gasteiger partial charge in [0.15, 0.2) is 0 Å². The van der Waals surface area contributed by atoms with E-state index in [9.17, 15) is 9.90 Å². The number of pyridine rings is 1. The molecular weight excluding hydrogens is 310 g/mol. The molecule has 0 unspecified atom stereocenters. The number of aromatic nitrogens is 1. The molecule has 1 aromatic heterocycles. The van der Waals surface area contributed by atoms with Crippen LogP contribution in [0.5, 0.6) is 0 Å². The highest BCUT2D eigenvalue weighted by Gasteiger charge is 2.28. The van der Waals surface area contributed by atoms with Crippen LogP contribution >= 0.6 is 0 Å². The van der Waals surface area contributed by atoms with Gasteiger partial charge in [0, 0.05) is 10.9 Å². The minimum absolute atomic E-state index is 0.455. The van der Waals surface area contributed by atoms with E-state index in [-0.39, 0.29) is 0 Å². The maximum Gasteiger partial charge on any atom is 0.309 e. The molecule has 0 aliphatic carbocycles. The second-order valence-electron chi connectivity index (χ2n) is 6.66. The molecule has 0 saturated carbocycles. The van der Waals surface area contributed by atoms with Gasteiger partial charge in [0.05, 0.1) is 10.9 Å². The van der Waals surface area contributed by atoms with Crippen molar-refractivity contribution in [2.75, 3.05) is 0 Å². The standard InChI is InChI=1S/C22H19NO2/c1-22(2,21(24)25)15-17-9-6-10-20-19(17)14-13-18(23-20)12-11-16-7-4-3-5-8-16/h3-10,13-14H,15H2,1-2H3,(H,24,25). The number of benzene rings is 2. The van der Waals surface area contributed by atoms with Crippen LogP contribution in [0.3, 0.4) is 0 Å². The monoisotopic (exact) mass is 329 g/mol. The largest absolute Gasteiger partial charge is 0.481 e. The Labute approximate surface area is 147 Å². The number of fused-ring (bicyclic) bond motifs is 1. The van der Waals surface area contributed by atoms with Crippen LogP contribution in [-0.4, -0.2) is 16.1 Å². The highest BCUT2D eigenvalue weighted by molar-refractivity contribution is 5.84. The summed E-state index contributed by atoms with van der Waals surface area (Å²) in [6, 6.07) is 19.4. The summed E-state index contributed by atoms with van der Waals surface area (Å²) in [6.45, 7) is 3.47. The summed E-state index contributed by atoms with van der Waals surface area (Å²) in [5.74, 6) is 5.38. The third-order valence-electron chi connectivity index (χ3n) is 4.14. The van der Waals surface area contributed by atoms with Crippen molar-refractivity contribution in [3.63, 3.8) is 0 Å². The Balaban J connectivity index is 1.95. The van der Waals surface area contributed by atoms with Crippen molar-refractivity contribution in [1.29, 1.82) is 0 Å². The fourth-order valence-electron chi connectivity index (χ4n) is 2.65. The Kier molecular flexibility index (Phi) is 4.54. The van der Waals surface area contributed by atoms with Crippen LogP contribution in [0.4, 0.5) is 0 Å². The fourth-order valence-corrected chi connectivity index (χ4v) is 2.65. The van der Waals surface area contributed by atoms with Gasteiger partial charge >= 0.3 is 5.97 Å². The quantitative estimate of drug-likeness (QED) is 0.729. The molecule has 0 radical (unpaired) electrons. The van der Waals surface area contributed by atoms with E-state index in [0.29, 0.717) is 12.1 Å². The topological polar surface area (TPSA) is 50.2 Å². The predicted octanol–water partition coefficient (Wildman–Crippen LogP) is 4.29. The van der Waals surface area contributed by atoms with Crippen LogP contribution in [0.2, 0.25) is 0 Å². The van der Waals surface area contributed by atoms with Crippen LogP contribution in [0.1, 0.15) is 30.7 Å². The minimum atomic E-state index is -0.819. The Hall–Kier alpha value is -3.12. The van der Waals surface area contributed by atoms with Gasteiger partial charge in [-0.15, -0.1) is 0 Å². The van der Waals surface area contributed by atoms with Crippen LogP contribution in [0.15, 0.2) is 60.7 Å². The molecule has 1 heterocycles. The van der Waals surface area contributed by atoms with Gasteiger partial charge in [0.25, 0.3) is 0 Å². The first-order chi connectivity index (χ1) is 12.0. The second-order valence-corrected chi connectivity index (χ2v) is 6.66. The maximum atomic E-state index is 11.4. The number of nitrogens with zero attached hydrogens (tertiary/aromatic N) is 1. The summed E-state index contributed by atoms with van der Waals surface area (Å²) >= 11 is 0. The molecule has 0 spiro atoms. The first-order valence-corrected chi connectivity index (χ1v) is 8.15. The summed E-state index contributed by atoms with van der Waals surface area (Å²) in [4.78, 5) is 16.0. The van der Waals surface area contributed by atoms with Gasteiger partial charge in [-0.25, -0.2) is 4.98 Å². The number of hydrogen-bond donors (Lipinski definition) is 1. The van der Waals surface area contributed by atoms with Crippen LogP contribution < -0.4 is 0 Å². The molecule has 0 amide bonds. The SMILES string of the molecule is CC(C)(Cc1cccc2nc(C#Cc3ccccc3)ccc12)C(=O)O. The van der Waals surface area contributed by atoms with Crippen molar-refractivity contribution in [1.82, 2.24) is 4.98 Å². The van der Waals surface area contributed by atoms with Gasteiger partial charge in [0.1, 0.15) is 5.69 Å². The van der Waals surface area contributed by atoms with Gasteiger partial charge < -0.3 is 5.11 Å². The highest BCUT2D eigenvalue weighted by atomic mass is 16.4. The molecular formula is C22H19NO2. The van der Waals surface area contributed by atoms with E-state index in [1.165, 1.54) is 0 Å². The molecule has 1 N–H and O–H groups in total. The molecule has 0 saturated heterocycles. The number of carboxylic acids is 1. The molecule has 0 fully saturated rings. The second kappa shape index (κ2) is 6.78. The molecule has 3 rings (SSSR count). The van der Waals surface area contributed by atoms with Gasteiger partial charge in [-0.05, 0) is 62.1 Å². The Morgan fingerprint density at radius 3 is 2.48 bits per heavy atom. The van der Waals surface area contributed by atoms with E-state index in [4.69, 9.17) is 0 Å². The average Bonchev–Trinajstić information content (AvgIpc) is 2.60. The van der Waals surface area contributed by atoms with Crippen LogP contribution in [0, 0.1) is 17.3 Å². The summed E-state index contributed by atoms with van der Waals surface area (Å²) < 4.78 is 0. The van der Waals surface area contributed by atoms with Crippen molar-refractivity contribution in [2.45, 2.75) is 20.3 Å². The zero-order valence-corrected chi connectivity index (χ0v) is 14.3. The molecule has 0 aliphatic heterocycles. The zero-order chi connectivity index (χ0) is 17.9. The Bertz CT molecular complexity index is 979. The lowest BCUT2D eigenvalue weighted by atomic mass is 9.84. The molecule has 124 valence electrons. The Morgan fingerprint density at radius 1 is 1.00 bits per heavy atom. The van der Waals surface area contributed by atoms with E-state index >= 15 is 0 Å². The third-order valence-corrected chi connectivity index (χ3v) is 4.14. The molecule has 25 heavy (non-hydrogen) atoms. The van der Waals surface area contributed by atoms with E-state index < -0.39 is 11.4 Å². The van der Waals surface area contributed by atoms with E-state index in [1.807, 2.05) is 60.7 Å². The smallest absolute Gasteiger partial charge is 0.309 e. The van der Waals surface area contributed by atoms with E-state index in [2.05, 4.69) is 16.8 Å². The van der Waals surface area contributed by atoms with Crippen molar-refractivity contribution < 1.29 is 9.90 Å². The Morgan fingerprint density at radius 2 is 1.76 bits per heavy atom. The first-order valence-electron chi connectivity index (χ1n) is 8.15. The summed E-state index contributed by atoms with van der Waals surface area (Å²) in [7, 11) is 0. The first kappa shape index (κ1) is 16.7. The molecule has 0 atom stereocenters. The van der Waals surface area contributed by atoms with Crippen molar-refractivity contribution in [3.05, 3.63) is 77.5 Å². The van der Waals surface area contributed by atoms with Gasteiger partial charge in [0.2, 0.25) is 0 Å². The zero-order valence-electron chi connectivity index (χ0n) is 14.3. The third kappa shape index (κ3) is 3.87. The highest BCUT2D eigenvalue weighted by Crippen LogP contribution is 2.27. The van der Waals surface area contributed by atoms with Crippen molar-refractivity contribution in [2.24, 2.45) is 5.41 Å². The summed E-state index contributed by atoms with van der Waals surface area (Å²) in [6.07, 6.45) is 0.455. The van der Waals surface area contributed by atoms with Gasteiger partial charge in [-0.3, -0.25) is 4.79 Å². The van der Waals surface area contributed by atoms with Gasteiger partial charge in [-0.2, -0.15) is 0 Å². The maximum absolute atomic E-state index is 11.4. The van der Waals surface area contributed by atoms with E-state index in [1.54, 1.807) is 13.8 Å². The van der Waals surface area contributed by atoms with E-state index in [0.717, 1.165) is 22.0 Å². The molecule has 3 heteroatoms. The molecule has 2 aromatic carbocycles. The normalized spacial score (nSPS) is 11.0. The minimum Gasteiger partial charge on any atom is -0.481 e. The lowest BCUT2D eigenvalue weighted by molar-refractivity contribution is -0.146. The average molecular weight is 329 g/mol. The predicted molar refractivity (Wildman–Crippen MR) is 99.3 cm³/mol. The fraction of sp³-hybridized carbons (Fsp3) is 0.182. The molecule has 0 aliphatic rings. The van der Waals surface area contributed by atoms with Crippen LogP contribution in [-0.2, 0) is 11.2 Å². The number of carbonyl (C=O) groups is 1. The number of rotatable bonds is 3. The lowest BCUT2D eigenvalue weighted by Crippen LogP contribution is -2.26. The molecule has 3 aromatic rings. The molecule has 3 nitrogen and oxygen atoms in total.